The van der Waals surface area contributed by atoms with Crippen LogP contribution in [0.4, 0.5) is 17.6 Å². The first-order valence-corrected chi connectivity index (χ1v) is 4.70. The van der Waals surface area contributed by atoms with Gasteiger partial charge in [0, 0.05) is 6.07 Å². The summed E-state index contributed by atoms with van der Waals surface area (Å²) in [6.07, 6.45) is -4.64. The van der Waals surface area contributed by atoms with Gasteiger partial charge in [-0.25, -0.2) is 4.39 Å². The molecule has 0 aliphatic carbocycles. The zero-order valence-corrected chi connectivity index (χ0v) is 8.88. The Labute approximate surface area is 95.4 Å². The number of benzene rings is 1. The van der Waals surface area contributed by atoms with Crippen molar-refractivity contribution in [2.75, 3.05) is 6.61 Å². The highest BCUT2D eigenvalue weighted by atomic mass is 19.4. The van der Waals surface area contributed by atoms with Gasteiger partial charge in [-0.2, -0.15) is 18.4 Å². The molecule has 2 nitrogen and oxygen atoms in total. The second kappa shape index (κ2) is 5.04. The number of halogens is 4. The van der Waals surface area contributed by atoms with Crippen LogP contribution < -0.4 is 4.74 Å². The fourth-order valence-electron chi connectivity index (χ4n) is 1.05. The molecule has 0 aliphatic heterocycles. The van der Waals surface area contributed by atoms with E-state index in [2.05, 4.69) is 0 Å². The SMILES string of the molecule is Cc1ccc(OCC(C#N)C(F)(F)F)cc1F. The molecule has 1 unspecified atom stereocenters. The number of hydrogen-bond donors (Lipinski definition) is 0. The minimum atomic E-state index is -4.64. The molecule has 0 amide bonds. The summed E-state index contributed by atoms with van der Waals surface area (Å²) >= 11 is 0. The van der Waals surface area contributed by atoms with Crippen LogP contribution in [0.1, 0.15) is 5.56 Å². The lowest BCUT2D eigenvalue weighted by Crippen LogP contribution is -2.27. The van der Waals surface area contributed by atoms with Crippen LogP contribution in [0.2, 0.25) is 0 Å². The van der Waals surface area contributed by atoms with E-state index in [9.17, 15) is 17.6 Å². The van der Waals surface area contributed by atoms with Crippen LogP contribution in [0.3, 0.4) is 0 Å². The number of hydrogen-bond acceptors (Lipinski definition) is 2. The summed E-state index contributed by atoms with van der Waals surface area (Å²) in [6, 6.07) is 4.82. The fraction of sp³-hybridized carbons (Fsp3) is 0.364. The van der Waals surface area contributed by atoms with Gasteiger partial charge >= 0.3 is 6.18 Å². The van der Waals surface area contributed by atoms with Gasteiger partial charge in [0.25, 0.3) is 0 Å². The van der Waals surface area contributed by atoms with E-state index >= 15 is 0 Å². The van der Waals surface area contributed by atoms with Crippen molar-refractivity contribution in [3.63, 3.8) is 0 Å². The molecule has 1 rings (SSSR count). The first-order chi connectivity index (χ1) is 7.84. The van der Waals surface area contributed by atoms with E-state index in [0.29, 0.717) is 5.56 Å². The lowest BCUT2D eigenvalue weighted by Gasteiger charge is -2.14. The smallest absolute Gasteiger partial charge is 0.407 e. The van der Waals surface area contributed by atoms with Crippen LogP contribution in [-0.4, -0.2) is 12.8 Å². The highest BCUT2D eigenvalue weighted by Gasteiger charge is 2.40. The summed E-state index contributed by atoms with van der Waals surface area (Å²) < 4.78 is 54.4. The van der Waals surface area contributed by atoms with Crippen LogP contribution in [0.25, 0.3) is 0 Å². The first kappa shape index (κ1) is 13.3. The Morgan fingerprint density at radius 3 is 2.53 bits per heavy atom. The summed E-state index contributed by atoms with van der Waals surface area (Å²) in [4.78, 5) is 0. The minimum Gasteiger partial charge on any atom is -0.492 e. The van der Waals surface area contributed by atoms with Crippen LogP contribution in [-0.2, 0) is 0 Å². The monoisotopic (exact) mass is 247 g/mol. The molecule has 0 aliphatic rings. The number of nitrogens with zero attached hydrogens (tertiary/aromatic N) is 1. The first-order valence-electron chi connectivity index (χ1n) is 4.70. The quantitative estimate of drug-likeness (QED) is 0.768. The zero-order chi connectivity index (χ0) is 13.1. The zero-order valence-electron chi connectivity index (χ0n) is 8.88. The Morgan fingerprint density at radius 2 is 2.06 bits per heavy atom. The van der Waals surface area contributed by atoms with E-state index < -0.39 is 24.5 Å². The van der Waals surface area contributed by atoms with Gasteiger partial charge in [-0.15, -0.1) is 0 Å². The maximum absolute atomic E-state index is 13.1. The molecule has 0 spiro atoms. The third kappa shape index (κ3) is 3.63. The average Bonchev–Trinajstić information content (AvgIpc) is 2.22. The molecule has 0 bridgehead atoms. The summed E-state index contributed by atoms with van der Waals surface area (Å²) in [5, 5.41) is 8.31. The van der Waals surface area contributed by atoms with Gasteiger partial charge in [-0.3, -0.25) is 0 Å². The van der Waals surface area contributed by atoms with Crippen LogP contribution in [0, 0.1) is 30.0 Å². The normalized spacial score (nSPS) is 12.9. The molecule has 0 fully saturated rings. The van der Waals surface area contributed by atoms with Crippen molar-refractivity contribution >= 4 is 0 Å². The molecule has 6 heteroatoms. The molecule has 1 aromatic carbocycles. The van der Waals surface area contributed by atoms with Crippen molar-refractivity contribution in [1.82, 2.24) is 0 Å². The Kier molecular flexibility index (Phi) is 3.94. The highest BCUT2D eigenvalue weighted by molar-refractivity contribution is 5.28. The molecule has 17 heavy (non-hydrogen) atoms. The van der Waals surface area contributed by atoms with Gasteiger partial charge in [-0.1, -0.05) is 6.07 Å². The van der Waals surface area contributed by atoms with Crippen molar-refractivity contribution in [1.29, 1.82) is 5.26 Å². The standard InChI is InChI=1S/C11H9F4NO/c1-7-2-3-9(4-10(7)12)17-6-8(5-16)11(13,14)15/h2-4,8H,6H2,1H3. The van der Waals surface area contributed by atoms with E-state index in [1.54, 1.807) is 0 Å². The fourth-order valence-corrected chi connectivity index (χ4v) is 1.05. The van der Waals surface area contributed by atoms with E-state index in [-0.39, 0.29) is 5.75 Å². The second-order valence-corrected chi connectivity index (χ2v) is 3.45. The molecule has 0 saturated carbocycles. The largest absolute Gasteiger partial charge is 0.492 e. The van der Waals surface area contributed by atoms with E-state index in [0.717, 1.165) is 12.1 Å². The number of aryl methyl sites for hydroxylation is 1. The van der Waals surface area contributed by atoms with Gasteiger partial charge in [0.1, 0.15) is 18.2 Å². The highest BCUT2D eigenvalue weighted by Crippen LogP contribution is 2.26. The summed E-state index contributed by atoms with van der Waals surface area (Å²) in [7, 11) is 0. The van der Waals surface area contributed by atoms with Gasteiger partial charge in [0.15, 0.2) is 5.92 Å². The van der Waals surface area contributed by atoms with Crippen molar-refractivity contribution in [2.24, 2.45) is 5.92 Å². The van der Waals surface area contributed by atoms with Gasteiger partial charge in [-0.05, 0) is 18.6 Å². The van der Waals surface area contributed by atoms with E-state index in [4.69, 9.17) is 10.00 Å². The Bertz CT molecular complexity index is 436. The van der Waals surface area contributed by atoms with Crippen molar-refractivity contribution in [3.8, 4) is 11.8 Å². The Morgan fingerprint density at radius 1 is 1.41 bits per heavy atom. The second-order valence-electron chi connectivity index (χ2n) is 3.45. The Balaban J connectivity index is 2.67. The third-order valence-corrected chi connectivity index (χ3v) is 2.11. The topological polar surface area (TPSA) is 33.0 Å². The molecule has 1 aromatic rings. The summed E-state index contributed by atoms with van der Waals surface area (Å²) in [5.41, 5.74) is 0.366. The molecule has 0 heterocycles. The minimum absolute atomic E-state index is 0.0300. The van der Waals surface area contributed by atoms with Crippen molar-refractivity contribution in [2.45, 2.75) is 13.1 Å². The molecule has 0 saturated heterocycles. The van der Waals surface area contributed by atoms with Crippen LogP contribution >= 0.6 is 0 Å². The molecule has 0 N–H and O–H groups in total. The lowest BCUT2D eigenvalue weighted by molar-refractivity contribution is -0.165. The maximum atomic E-state index is 13.1. The number of nitriles is 1. The van der Waals surface area contributed by atoms with Gasteiger partial charge < -0.3 is 4.74 Å². The van der Waals surface area contributed by atoms with Gasteiger partial charge in [0.2, 0.25) is 0 Å². The molecular formula is C11H9F4NO. The predicted molar refractivity (Wildman–Crippen MR) is 51.8 cm³/mol. The third-order valence-electron chi connectivity index (χ3n) is 2.11. The molecule has 1 atom stereocenters. The Hall–Kier alpha value is -1.77. The number of ether oxygens (including phenoxy) is 1. The van der Waals surface area contributed by atoms with Crippen LogP contribution in [0.15, 0.2) is 18.2 Å². The lowest BCUT2D eigenvalue weighted by atomic mass is 10.2. The van der Waals surface area contributed by atoms with E-state index in [1.165, 1.54) is 19.1 Å². The van der Waals surface area contributed by atoms with Crippen molar-refractivity contribution in [3.05, 3.63) is 29.6 Å². The number of rotatable bonds is 3. The van der Waals surface area contributed by atoms with Gasteiger partial charge in [0.05, 0.1) is 6.07 Å². The molecular weight excluding hydrogens is 238 g/mol. The maximum Gasteiger partial charge on any atom is 0.407 e. The van der Waals surface area contributed by atoms with Crippen LogP contribution in [0.5, 0.6) is 5.75 Å². The predicted octanol–water partition coefficient (Wildman–Crippen LogP) is 3.22. The molecule has 92 valence electrons. The molecule has 0 radical (unpaired) electrons. The molecule has 0 aromatic heterocycles. The summed E-state index contributed by atoms with van der Waals surface area (Å²) in [6.45, 7) is 0.676. The van der Waals surface area contributed by atoms with Crippen molar-refractivity contribution < 1.29 is 22.3 Å². The number of alkyl halides is 3. The summed E-state index contributed by atoms with van der Waals surface area (Å²) in [5.74, 6) is -2.81. The van der Waals surface area contributed by atoms with E-state index in [1.807, 2.05) is 0 Å². The average molecular weight is 247 g/mol.